The van der Waals surface area contributed by atoms with E-state index in [9.17, 15) is 0 Å². The minimum absolute atomic E-state index is 0.257. The zero-order valence-electron chi connectivity index (χ0n) is 12.7. The van der Waals surface area contributed by atoms with Gasteiger partial charge in [0.2, 0.25) is 0 Å². The highest BCUT2D eigenvalue weighted by molar-refractivity contribution is 14.1. The van der Waals surface area contributed by atoms with Gasteiger partial charge in [0.1, 0.15) is 0 Å². The topological polar surface area (TPSA) is 3.24 Å². The van der Waals surface area contributed by atoms with E-state index in [-0.39, 0.29) is 3.55 Å². The fraction of sp³-hybridized carbons (Fsp3) is 1.00. The summed E-state index contributed by atoms with van der Waals surface area (Å²) in [6.45, 7) is 14.4. The van der Waals surface area contributed by atoms with E-state index in [1.54, 1.807) is 0 Å². The molecule has 0 N–H and O–H groups in total. The zero-order valence-corrected chi connectivity index (χ0v) is 14.9. The molecule has 1 fully saturated rings. The molecule has 0 aromatic rings. The van der Waals surface area contributed by atoms with Gasteiger partial charge in [-0.2, -0.15) is 0 Å². The van der Waals surface area contributed by atoms with E-state index in [1.165, 1.54) is 25.7 Å². The zero-order chi connectivity index (χ0) is 13.5. The Morgan fingerprint density at radius 1 is 1.12 bits per heavy atom. The van der Waals surface area contributed by atoms with Crippen molar-refractivity contribution in [2.24, 2.45) is 10.8 Å². The third-order valence-corrected chi connectivity index (χ3v) is 6.06. The molecule has 1 rings (SSSR count). The van der Waals surface area contributed by atoms with Crippen LogP contribution < -0.4 is 0 Å². The van der Waals surface area contributed by atoms with Crippen LogP contribution in [0.2, 0.25) is 0 Å². The van der Waals surface area contributed by atoms with E-state index in [0.717, 1.165) is 6.04 Å². The predicted molar refractivity (Wildman–Crippen MR) is 85.7 cm³/mol. The highest BCUT2D eigenvalue weighted by atomic mass is 127. The van der Waals surface area contributed by atoms with Gasteiger partial charge in [-0.25, -0.2) is 0 Å². The quantitative estimate of drug-likeness (QED) is 0.290. The molecule has 1 nitrogen and oxygen atoms in total. The second kappa shape index (κ2) is 4.99. The number of hydrogen-bond donors (Lipinski definition) is 0. The van der Waals surface area contributed by atoms with Gasteiger partial charge in [-0.05, 0) is 51.0 Å². The van der Waals surface area contributed by atoms with Crippen molar-refractivity contribution >= 4 is 22.6 Å². The summed E-state index contributed by atoms with van der Waals surface area (Å²) in [6, 6.07) is 0.735. The second-order valence-electron chi connectivity index (χ2n) is 7.54. The van der Waals surface area contributed by atoms with Crippen LogP contribution in [-0.4, -0.2) is 21.5 Å². The molecule has 0 aliphatic heterocycles. The van der Waals surface area contributed by atoms with Crippen LogP contribution in [0, 0.1) is 10.8 Å². The Kier molecular flexibility index (Phi) is 4.62. The van der Waals surface area contributed by atoms with Crippen LogP contribution in [0.4, 0.5) is 0 Å². The first kappa shape index (κ1) is 15.7. The summed E-state index contributed by atoms with van der Waals surface area (Å²) < 4.78 is 0.257. The molecule has 17 heavy (non-hydrogen) atoms. The largest absolute Gasteiger partial charge is 0.290 e. The molecule has 1 aliphatic rings. The van der Waals surface area contributed by atoms with Crippen molar-refractivity contribution < 1.29 is 0 Å². The molecule has 1 saturated carbocycles. The number of hydrogen-bond acceptors (Lipinski definition) is 1. The van der Waals surface area contributed by atoms with Crippen molar-refractivity contribution in [1.82, 2.24) is 4.90 Å². The molecule has 0 aromatic carbocycles. The predicted octanol–water partition coefficient (Wildman–Crippen LogP) is 5.08. The van der Waals surface area contributed by atoms with Crippen molar-refractivity contribution in [1.29, 1.82) is 0 Å². The molecular weight excluding hydrogens is 321 g/mol. The van der Waals surface area contributed by atoms with E-state index in [1.807, 2.05) is 0 Å². The van der Waals surface area contributed by atoms with E-state index in [4.69, 9.17) is 0 Å². The highest BCUT2D eigenvalue weighted by Gasteiger charge is 2.42. The SMILES string of the molecule is CN([C@H]1CCCC(C)(C)C(C)(C)C1)C(C)(C)I. The van der Waals surface area contributed by atoms with E-state index >= 15 is 0 Å². The van der Waals surface area contributed by atoms with Crippen LogP contribution >= 0.6 is 22.6 Å². The minimum atomic E-state index is 0.257. The average molecular weight is 351 g/mol. The lowest BCUT2D eigenvalue weighted by Crippen LogP contribution is -2.45. The number of alkyl halides is 1. The molecule has 0 saturated heterocycles. The first-order valence-electron chi connectivity index (χ1n) is 6.89. The van der Waals surface area contributed by atoms with Crippen LogP contribution in [0.15, 0.2) is 0 Å². The summed E-state index contributed by atoms with van der Waals surface area (Å²) in [7, 11) is 2.30. The lowest BCUT2D eigenvalue weighted by atomic mass is 9.64. The van der Waals surface area contributed by atoms with Crippen LogP contribution in [-0.2, 0) is 0 Å². The monoisotopic (exact) mass is 351 g/mol. The molecule has 0 unspecified atom stereocenters. The lowest BCUT2D eigenvalue weighted by molar-refractivity contribution is 0.0644. The Bertz CT molecular complexity index is 263. The fourth-order valence-corrected chi connectivity index (χ4v) is 3.24. The maximum atomic E-state index is 2.58. The van der Waals surface area contributed by atoms with Crippen molar-refractivity contribution in [2.45, 2.75) is 76.8 Å². The van der Waals surface area contributed by atoms with Crippen molar-refractivity contribution in [3.8, 4) is 0 Å². The maximum Gasteiger partial charge on any atom is 0.0673 e. The Morgan fingerprint density at radius 2 is 1.65 bits per heavy atom. The summed E-state index contributed by atoms with van der Waals surface area (Å²) in [5.74, 6) is 0. The van der Waals surface area contributed by atoms with Gasteiger partial charge >= 0.3 is 0 Å². The van der Waals surface area contributed by atoms with E-state index < -0.39 is 0 Å². The molecule has 2 heteroatoms. The molecule has 102 valence electrons. The van der Waals surface area contributed by atoms with Crippen molar-refractivity contribution in [3.63, 3.8) is 0 Å². The molecule has 0 spiro atoms. The van der Waals surface area contributed by atoms with Crippen molar-refractivity contribution in [2.75, 3.05) is 7.05 Å². The van der Waals surface area contributed by atoms with Gasteiger partial charge < -0.3 is 0 Å². The standard InChI is InChI=1S/C15H30IN/c1-13(2)10-8-9-12(11-14(13,3)4)17(7)15(5,6)16/h12H,8-11H2,1-7H3/t12-/m0/s1. The minimum Gasteiger partial charge on any atom is -0.290 e. The van der Waals surface area contributed by atoms with Crippen molar-refractivity contribution in [3.05, 3.63) is 0 Å². The van der Waals surface area contributed by atoms with Crippen LogP contribution in [0.25, 0.3) is 0 Å². The fourth-order valence-electron chi connectivity index (χ4n) is 2.85. The van der Waals surface area contributed by atoms with Gasteiger partial charge in [0.15, 0.2) is 0 Å². The second-order valence-corrected chi connectivity index (χ2v) is 10.2. The number of halogens is 1. The van der Waals surface area contributed by atoms with Gasteiger partial charge in [-0.15, -0.1) is 0 Å². The normalized spacial score (nSPS) is 29.1. The van der Waals surface area contributed by atoms with E-state index in [2.05, 4.69) is 76.1 Å². The van der Waals surface area contributed by atoms with Gasteiger partial charge in [0.05, 0.1) is 3.55 Å². The third kappa shape index (κ3) is 3.59. The van der Waals surface area contributed by atoms with Gasteiger partial charge in [0, 0.05) is 6.04 Å². The third-order valence-electron chi connectivity index (χ3n) is 5.30. The smallest absolute Gasteiger partial charge is 0.0673 e. The molecule has 0 aromatic heterocycles. The average Bonchev–Trinajstić information content (AvgIpc) is 2.21. The Morgan fingerprint density at radius 3 is 2.12 bits per heavy atom. The number of rotatable bonds is 2. The molecule has 0 bridgehead atoms. The van der Waals surface area contributed by atoms with Gasteiger partial charge in [0.25, 0.3) is 0 Å². The first-order chi connectivity index (χ1) is 7.47. The Balaban J connectivity index is 2.86. The summed E-state index contributed by atoms with van der Waals surface area (Å²) in [5, 5.41) is 0. The first-order valence-corrected chi connectivity index (χ1v) is 7.97. The molecule has 0 heterocycles. The highest BCUT2D eigenvalue weighted by Crippen LogP contribution is 2.49. The molecular formula is C15H30IN. The van der Waals surface area contributed by atoms with Crippen LogP contribution in [0.3, 0.4) is 0 Å². The summed E-state index contributed by atoms with van der Waals surface area (Å²) in [5.41, 5.74) is 0.905. The number of nitrogens with zero attached hydrogens (tertiary/aromatic N) is 1. The van der Waals surface area contributed by atoms with Gasteiger partial charge in [-0.3, -0.25) is 4.90 Å². The summed E-state index contributed by atoms with van der Waals surface area (Å²) >= 11 is 2.56. The van der Waals surface area contributed by atoms with Gasteiger partial charge in [-0.1, -0.05) is 56.7 Å². The molecule has 0 amide bonds. The van der Waals surface area contributed by atoms with Crippen LogP contribution in [0.5, 0.6) is 0 Å². The summed E-state index contributed by atoms with van der Waals surface area (Å²) in [4.78, 5) is 2.58. The maximum absolute atomic E-state index is 2.58. The van der Waals surface area contributed by atoms with Crippen LogP contribution in [0.1, 0.15) is 67.2 Å². The van der Waals surface area contributed by atoms with E-state index in [0.29, 0.717) is 10.8 Å². The Labute approximate surface area is 122 Å². The molecule has 0 radical (unpaired) electrons. The Hall–Kier alpha value is 0.690. The summed E-state index contributed by atoms with van der Waals surface area (Å²) in [6.07, 6.45) is 5.42. The lowest BCUT2D eigenvalue weighted by Gasteiger charge is -2.44. The molecule has 1 atom stereocenters. The molecule has 1 aliphatic carbocycles.